The number of hydrogen-bond acceptors (Lipinski definition) is 11. The van der Waals surface area contributed by atoms with Crippen molar-refractivity contribution in [3.8, 4) is 6.07 Å². The molecule has 2 aromatic rings. The van der Waals surface area contributed by atoms with E-state index in [4.69, 9.17) is 15.2 Å². The lowest BCUT2D eigenvalue weighted by atomic mass is 9.92. The van der Waals surface area contributed by atoms with Crippen LogP contribution in [0.2, 0.25) is 0 Å². The number of esters is 1. The van der Waals surface area contributed by atoms with Gasteiger partial charge in [0.1, 0.15) is 42.8 Å². The topological polar surface area (TPSA) is 193 Å². The van der Waals surface area contributed by atoms with E-state index in [9.17, 15) is 28.7 Å². The van der Waals surface area contributed by atoms with Crippen molar-refractivity contribution in [1.29, 1.82) is 5.26 Å². The summed E-state index contributed by atoms with van der Waals surface area (Å²) in [5, 5.41) is 35.2. The highest BCUT2D eigenvalue weighted by atomic mass is 32.2. The summed E-state index contributed by atoms with van der Waals surface area (Å²) in [6, 6.07) is 4.98. The summed E-state index contributed by atoms with van der Waals surface area (Å²) in [6.45, 7) is 0.317. The van der Waals surface area contributed by atoms with E-state index >= 15 is 0 Å². The Kier molecular flexibility index (Phi) is 6.49. The Morgan fingerprint density at radius 1 is 1.38 bits per heavy atom. The highest BCUT2D eigenvalue weighted by Crippen LogP contribution is 2.40. The number of aliphatic hydroxyl groups excluding tert-OH is 2. The molecule has 2 aliphatic heterocycles. The number of hydrogen-bond donors (Lipinski definition) is 3. The molecule has 0 spiro atoms. The fourth-order valence-corrected chi connectivity index (χ4v) is 5.34. The maximum atomic E-state index is 12.4. The average molecular weight is 495 g/mol. The van der Waals surface area contributed by atoms with E-state index in [1.807, 2.05) is 6.07 Å². The quantitative estimate of drug-likeness (QED) is 0.406. The van der Waals surface area contributed by atoms with Gasteiger partial charge in [0.15, 0.2) is 5.82 Å². The highest BCUT2D eigenvalue weighted by Gasteiger charge is 2.57. The molecule has 2 aromatic heterocycles. The summed E-state index contributed by atoms with van der Waals surface area (Å²) in [5.41, 5.74) is 4.41. The van der Waals surface area contributed by atoms with Gasteiger partial charge in [-0.2, -0.15) is 10.4 Å². The number of piperidine rings is 1. The van der Waals surface area contributed by atoms with Crippen LogP contribution < -0.4 is 5.73 Å². The molecule has 184 valence electrons. The molecule has 0 radical (unpaired) electrons. The summed E-state index contributed by atoms with van der Waals surface area (Å²) >= 11 is 0. The zero-order chi connectivity index (χ0) is 24.7. The molecule has 0 saturated carbocycles. The maximum absolute atomic E-state index is 12.4. The molecule has 0 amide bonds. The Hall–Kier alpha value is -2.83. The fraction of sp³-hybridized carbons (Fsp3) is 0.600. The van der Waals surface area contributed by atoms with E-state index in [1.54, 1.807) is 6.07 Å². The van der Waals surface area contributed by atoms with Gasteiger partial charge < -0.3 is 25.4 Å². The Morgan fingerprint density at radius 2 is 2.09 bits per heavy atom. The van der Waals surface area contributed by atoms with E-state index in [0.717, 1.165) is 6.26 Å². The number of anilines is 1. The molecule has 4 N–H and O–H groups in total. The van der Waals surface area contributed by atoms with Crippen molar-refractivity contribution in [3.63, 3.8) is 0 Å². The molecule has 2 aliphatic rings. The van der Waals surface area contributed by atoms with Crippen LogP contribution in [0.3, 0.4) is 0 Å². The molecular formula is C20H26N6O7S. The number of carbonyl (C=O) groups is 1. The number of sulfonamides is 1. The predicted molar refractivity (Wildman–Crippen MR) is 116 cm³/mol. The third-order valence-corrected chi connectivity index (χ3v) is 7.70. The molecule has 0 aliphatic carbocycles. The van der Waals surface area contributed by atoms with Crippen molar-refractivity contribution >= 4 is 27.3 Å². The van der Waals surface area contributed by atoms with Crippen molar-refractivity contribution in [2.75, 3.05) is 31.7 Å². The smallest absolute Gasteiger partial charge is 0.306 e. The first-order chi connectivity index (χ1) is 16.1. The fourth-order valence-electron chi connectivity index (χ4n) is 4.47. The second-order valence-electron chi connectivity index (χ2n) is 8.59. The highest BCUT2D eigenvalue weighted by molar-refractivity contribution is 7.88. The van der Waals surface area contributed by atoms with Crippen LogP contribution in [-0.4, -0.2) is 87.8 Å². The normalized spacial score (nSPS) is 28.7. The number of nitrogens with two attached hydrogens (primary N) is 1. The molecule has 13 nitrogen and oxygen atoms in total. The summed E-state index contributed by atoms with van der Waals surface area (Å²) < 4.78 is 37.0. The molecule has 34 heavy (non-hydrogen) atoms. The van der Waals surface area contributed by atoms with Crippen LogP contribution in [0, 0.1) is 17.2 Å². The standard InChI is InChI=1S/C20H26N6O7S/c1-34(30,31)25-6-4-12(5-7-25)8-16(27)32-9-14-17(28)18(29)20(10-21,33-14)15-3-2-13-19(22)23-11-24-26(13)15/h2-3,11-12,14,17-18,28-29H,4-9H2,1H3,(H2,22,23,24)/t14-,17-,18-,20+/m1/s1. The summed E-state index contributed by atoms with van der Waals surface area (Å²) in [6.07, 6.45) is -0.801. The third-order valence-electron chi connectivity index (χ3n) is 6.39. The van der Waals surface area contributed by atoms with Gasteiger partial charge in [-0.1, -0.05) is 0 Å². The van der Waals surface area contributed by atoms with E-state index in [2.05, 4.69) is 10.1 Å². The Morgan fingerprint density at radius 3 is 2.74 bits per heavy atom. The molecule has 0 unspecified atom stereocenters. The molecule has 4 rings (SSSR count). The minimum absolute atomic E-state index is 0.0269. The number of aromatic nitrogens is 3. The van der Waals surface area contributed by atoms with Gasteiger partial charge in [-0.15, -0.1) is 0 Å². The average Bonchev–Trinajstić information content (AvgIpc) is 3.34. The van der Waals surface area contributed by atoms with Gasteiger partial charge in [0.2, 0.25) is 15.6 Å². The van der Waals surface area contributed by atoms with Crippen molar-refractivity contribution in [3.05, 3.63) is 24.2 Å². The summed E-state index contributed by atoms with van der Waals surface area (Å²) in [4.78, 5) is 16.2. The largest absolute Gasteiger partial charge is 0.463 e. The Bertz CT molecular complexity index is 1220. The first-order valence-electron chi connectivity index (χ1n) is 10.7. The van der Waals surface area contributed by atoms with Crippen LogP contribution in [0.15, 0.2) is 18.5 Å². The second-order valence-corrected chi connectivity index (χ2v) is 10.6. The maximum Gasteiger partial charge on any atom is 0.306 e. The zero-order valence-electron chi connectivity index (χ0n) is 18.4. The summed E-state index contributed by atoms with van der Waals surface area (Å²) in [7, 11) is -3.25. The number of ether oxygens (including phenoxy) is 2. The monoisotopic (exact) mass is 494 g/mol. The van der Waals surface area contributed by atoms with Crippen LogP contribution in [0.4, 0.5) is 5.82 Å². The van der Waals surface area contributed by atoms with Crippen molar-refractivity contribution in [2.24, 2.45) is 5.92 Å². The minimum Gasteiger partial charge on any atom is -0.463 e. The molecule has 2 saturated heterocycles. The number of aliphatic hydroxyl groups is 2. The number of nitrogen functional groups attached to an aromatic ring is 1. The lowest BCUT2D eigenvalue weighted by Crippen LogP contribution is -2.41. The zero-order valence-corrected chi connectivity index (χ0v) is 19.3. The third kappa shape index (κ3) is 4.32. The van der Waals surface area contributed by atoms with Gasteiger partial charge in [-0.05, 0) is 30.9 Å². The van der Waals surface area contributed by atoms with Crippen LogP contribution in [0.1, 0.15) is 25.0 Å². The van der Waals surface area contributed by atoms with Gasteiger partial charge in [0.25, 0.3) is 0 Å². The molecular weight excluding hydrogens is 468 g/mol. The number of nitrogens with zero attached hydrogens (tertiary/aromatic N) is 5. The molecule has 0 bridgehead atoms. The van der Waals surface area contributed by atoms with Crippen LogP contribution in [0.25, 0.3) is 5.52 Å². The van der Waals surface area contributed by atoms with Gasteiger partial charge in [0, 0.05) is 19.5 Å². The van der Waals surface area contributed by atoms with Gasteiger partial charge in [-0.3, -0.25) is 4.79 Å². The minimum atomic E-state index is -3.25. The number of carbonyl (C=O) groups excluding carboxylic acids is 1. The molecule has 4 heterocycles. The van der Waals surface area contributed by atoms with Gasteiger partial charge in [-0.25, -0.2) is 22.2 Å². The lowest BCUT2D eigenvalue weighted by molar-refractivity contribution is -0.152. The summed E-state index contributed by atoms with van der Waals surface area (Å²) in [5.74, 6) is -0.401. The van der Waals surface area contributed by atoms with Crippen LogP contribution in [0.5, 0.6) is 0 Å². The van der Waals surface area contributed by atoms with Crippen molar-refractivity contribution < 1.29 is 32.9 Å². The van der Waals surface area contributed by atoms with E-state index in [0.29, 0.717) is 31.4 Å². The van der Waals surface area contributed by atoms with E-state index in [1.165, 1.54) is 21.2 Å². The van der Waals surface area contributed by atoms with Crippen LogP contribution >= 0.6 is 0 Å². The predicted octanol–water partition coefficient (Wildman–Crippen LogP) is -1.24. The van der Waals surface area contributed by atoms with Crippen molar-refractivity contribution in [2.45, 2.75) is 43.2 Å². The Labute approximate surface area is 195 Å². The number of nitriles is 1. The molecule has 4 atom stereocenters. The first kappa shape index (κ1) is 24.3. The van der Waals surface area contributed by atoms with E-state index in [-0.39, 0.29) is 30.5 Å². The van der Waals surface area contributed by atoms with Crippen molar-refractivity contribution in [1.82, 2.24) is 18.9 Å². The van der Waals surface area contributed by atoms with Gasteiger partial charge >= 0.3 is 5.97 Å². The number of rotatable bonds is 6. The molecule has 0 aromatic carbocycles. The lowest BCUT2D eigenvalue weighted by Gasteiger charge is -2.29. The van der Waals surface area contributed by atoms with E-state index < -0.39 is 39.9 Å². The Balaban J connectivity index is 1.40. The second kappa shape index (κ2) is 9.08. The molecule has 2 fully saturated rings. The van der Waals surface area contributed by atoms with Crippen LogP contribution in [-0.2, 0) is 29.9 Å². The number of fused-ring (bicyclic) bond motifs is 1. The molecule has 14 heteroatoms. The SMILES string of the molecule is CS(=O)(=O)N1CCC(CC(=O)OC[C@H]2O[C@@](C#N)(c3ccc4c(N)ncnn34)[C@H](O)[C@@H]2O)CC1. The van der Waals surface area contributed by atoms with Gasteiger partial charge in [0.05, 0.1) is 11.9 Å². The first-order valence-corrected chi connectivity index (χ1v) is 12.6.